The lowest BCUT2D eigenvalue weighted by atomic mass is 9.85. The molecule has 0 aromatic heterocycles. The molecular weight excluding hydrogens is 300 g/mol. The van der Waals surface area contributed by atoms with Gasteiger partial charge < -0.3 is 4.90 Å². The molecule has 0 amide bonds. The van der Waals surface area contributed by atoms with Crippen molar-refractivity contribution in [3.8, 4) is 0 Å². The molecule has 2 aromatic rings. The summed E-state index contributed by atoms with van der Waals surface area (Å²) in [6.07, 6.45) is 0.870. The minimum Gasteiger partial charge on any atom is -0.338 e. The molecule has 0 saturated carbocycles. The van der Waals surface area contributed by atoms with Crippen LogP contribution in [0.5, 0.6) is 0 Å². The van der Waals surface area contributed by atoms with Crippen LogP contribution < -0.4 is 5.32 Å². The monoisotopic (exact) mass is 312 g/mol. The first-order chi connectivity index (χ1) is 10.2. The van der Waals surface area contributed by atoms with E-state index in [1.807, 2.05) is 24.3 Å². The van der Waals surface area contributed by atoms with Crippen LogP contribution in [0.2, 0.25) is 5.02 Å². The van der Waals surface area contributed by atoms with E-state index in [0.29, 0.717) is 0 Å². The predicted octanol–water partition coefficient (Wildman–Crippen LogP) is 2.93. The maximum Gasteiger partial charge on any atom is 0.122 e. The van der Waals surface area contributed by atoms with Crippen LogP contribution >= 0.6 is 23.8 Å². The van der Waals surface area contributed by atoms with Crippen molar-refractivity contribution >= 4 is 28.8 Å². The summed E-state index contributed by atoms with van der Waals surface area (Å²) in [6, 6.07) is 18.0. The van der Waals surface area contributed by atoms with Gasteiger partial charge in [0.2, 0.25) is 0 Å². The van der Waals surface area contributed by atoms with E-state index in [4.69, 9.17) is 23.8 Å². The highest BCUT2D eigenvalue weighted by Gasteiger charge is 2.47. The van der Waals surface area contributed by atoms with Gasteiger partial charge in [0.05, 0.1) is 0 Å². The van der Waals surface area contributed by atoms with Crippen LogP contribution in [0.15, 0.2) is 36.4 Å². The largest absolute Gasteiger partial charge is 0.338 e. The molecule has 2 aromatic carbocycles. The zero-order valence-electron chi connectivity index (χ0n) is 11.3. The molecule has 0 spiro atoms. The van der Waals surface area contributed by atoms with Gasteiger partial charge in [-0.15, -0.1) is 0 Å². The number of hydrogen-bond donors (Lipinski definition) is 1. The van der Waals surface area contributed by atoms with Gasteiger partial charge in [-0.25, -0.2) is 0 Å². The molecule has 1 saturated heterocycles. The van der Waals surface area contributed by atoms with Gasteiger partial charge in [0.25, 0.3) is 0 Å². The lowest BCUT2D eigenvalue weighted by molar-refractivity contribution is 0.198. The molecule has 1 atom stereocenters. The topological polar surface area (TPSA) is 15.3 Å². The highest BCUT2D eigenvalue weighted by atomic mass is 35.5. The number of nitrogens with one attached hydrogen (secondary N) is 1. The minimum atomic E-state index is -0.260. The molecule has 1 unspecified atom stereocenters. The molecule has 4 heteroatoms. The molecule has 0 radical (unpaired) electrons. The third-order valence-corrected chi connectivity index (χ3v) is 5.04. The van der Waals surface area contributed by atoms with E-state index in [2.05, 4.69) is 34.5 Å². The average Bonchev–Trinajstić information content (AvgIpc) is 2.93. The van der Waals surface area contributed by atoms with Crippen molar-refractivity contribution in [2.24, 2.45) is 0 Å². The average molecular weight is 313 g/mol. The fourth-order valence-corrected chi connectivity index (χ4v) is 3.92. The van der Waals surface area contributed by atoms with E-state index in [9.17, 15) is 0 Å². The number of nitrogens with zero attached hydrogens (tertiary/aromatic N) is 1. The van der Waals surface area contributed by atoms with Gasteiger partial charge in [0.1, 0.15) is 10.7 Å². The van der Waals surface area contributed by atoms with Gasteiger partial charge in [-0.05, 0) is 35.4 Å². The van der Waals surface area contributed by atoms with Crippen LogP contribution in [-0.2, 0) is 12.1 Å². The van der Waals surface area contributed by atoms with Crippen molar-refractivity contribution in [1.82, 2.24) is 10.2 Å². The molecule has 4 rings (SSSR count). The van der Waals surface area contributed by atoms with Gasteiger partial charge in [-0.1, -0.05) is 48.1 Å². The number of thiocarbonyl (C=S) groups is 1. The highest BCUT2D eigenvalue weighted by molar-refractivity contribution is 7.80. The first-order valence-electron chi connectivity index (χ1n) is 6.94. The van der Waals surface area contributed by atoms with Crippen molar-refractivity contribution in [3.63, 3.8) is 0 Å². The Hall–Kier alpha value is -1.60. The molecule has 2 aliphatic rings. The Morgan fingerprint density at radius 1 is 1.19 bits per heavy atom. The molecule has 2 aliphatic heterocycles. The molecule has 1 N–H and O–H groups in total. The Kier molecular flexibility index (Phi) is 2.93. The lowest BCUT2D eigenvalue weighted by Gasteiger charge is -2.44. The fourth-order valence-electron chi connectivity index (χ4n) is 3.36. The Bertz CT molecular complexity index is 713. The SMILES string of the molecule is S=C1c2cc#ccc2CC2(c3ccc(Cl)cc3)NCCN12. The molecule has 21 heavy (non-hydrogen) atoms. The van der Waals surface area contributed by atoms with Crippen molar-refractivity contribution < 1.29 is 0 Å². The number of hydrogen-bond acceptors (Lipinski definition) is 2. The number of rotatable bonds is 1. The van der Waals surface area contributed by atoms with Crippen LogP contribution in [-0.4, -0.2) is 23.0 Å². The van der Waals surface area contributed by atoms with Gasteiger partial charge in [-0.2, -0.15) is 0 Å². The number of fused-ring (bicyclic) bond motifs is 2. The molecule has 1 fully saturated rings. The van der Waals surface area contributed by atoms with Crippen LogP contribution in [0.3, 0.4) is 0 Å². The minimum absolute atomic E-state index is 0.260. The van der Waals surface area contributed by atoms with Crippen LogP contribution in [0, 0.1) is 12.1 Å². The predicted molar refractivity (Wildman–Crippen MR) is 87.4 cm³/mol. The maximum atomic E-state index is 6.03. The second kappa shape index (κ2) is 4.71. The Labute approximate surface area is 134 Å². The summed E-state index contributed by atoms with van der Waals surface area (Å²) in [5, 5.41) is 4.40. The van der Waals surface area contributed by atoms with E-state index in [1.54, 1.807) is 0 Å². The Balaban J connectivity index is 1.88. The van der Waals surface area contributed by atoms with E-state index in [0.717, 1.165) is 35.1 Å². The third kappa shape index (κ3) is 1.87. The standard InChI is InChI=1S/C17H13ClN2S/c18-14-7-5-13(6-8-14)17-11-12-3-1-2-4-15(12)16(21)20(17)10-9-19-17/h3-8,19H,9-11H2. The summed E-state index contributed by atoms with van der Waals surface area (Å²) in [7, 11) is 0. The van der Waals surface area contributed by atoms with Crippen LogP contribution in [0.1, 0.15) is 16.7 Å². The van der Waals surface area contributed by atoms with Crippen LogP contribution in [0.4, 0.5) is 0 Å². The molecule has 104 valence electrons. The first-order valence-corrected chi connectivity index (χ1v) is 7.73. The lowest BCUT2D eigenvalue weighted by Crippen LogP contribution is -2.55. The van der Waals surface area contributed by atoms with E-state index in [-0.39, 0.29) is 5.66 Å². The third-order valence-electron chi connectivity index (χ3n) is 4.35. The molecule has 2 heterocycles. The fraction of sp³-hybridized carbons (Fsp3) is 0.235. The summed E-state index contributed by atoms with van der Waals surface area (Å²) in [4.78, 5) is 3.18. The van der Waals surface area contributed by atoms with Crippen molar-refractivity contribution in [1.29, 1.82) is 0 Å². The molecule has 0 aliphatic carbocycles. The zero-order valence-corrected chi connectivity index (χ0v) is 12.9. The van der Waals surface area contributed by atoms with Crippen molar-refractivity contribution in [2.45, 2.75) is 12.1 Å². The Morgan fingerprint density at radius 2 is 1.95 bits per heavy atom. The second-order valence-corrected chi connectivity index (χ2v) is 6.27. The summed E-state index contributed by atoms with van der Waals surface area (Å²) in [5.41, 5.74) is 3.27. The molecule has 0 bridgehead atoms. The zero-order chi connectivity index (χ0) is 14.4. The molecular formula is C17H13ClN2S. The maximum absolute atomic E-state index is 6.03. The smallest absolute Gasteiger partial charge is 0.122 e. The van der Waals surface area contributed by atoms with E-state index < -0.39 is 0 Å². The van der Waals surface area contributed by atoms with E-state index >= 15 is 0 Å². The van der Waals surface area contributed by atoms with E-state index in [1.165, 1.54) is 11.1 Å². The van der Waals surface area contributed by atoms with Gasteiger partial charge in [0.15, 0.2) is 0 Å². The summed E-state index contributed by atoms with van der Waals surface area (Å²) in [6.45, 7) is 1.84. The quantitative estimate of drug-likeness (QED) is 0.815. The molecule has 2 nitrogen and oxygen atoms in total. The summed E-state index contributed by atoms with van der Waals surface area (Å²) < 4.78 is 0. The first kappa shape index (κ1) is 13.1. The highest BCUT2D eigenvalue weighted by Crippen LogP contribution is 2.39. The van der Waals surface area contributed by atoms with Gasteiger partial charge >= 0.3 is 0 Å². The van der Waals surface area contributed by atoms with Crippen molar-refractivity contribution in [2.75, 3.05) is 13.1 Å². The second-order valence-electron chi connectivity index (χ2n) is 5.44. The summed E-state index contributed by atoms with van der Waals surface area (Å²) in [5.74, 6) is 0. The van der Waals surface area contributed by atoms with Gasteiger partial charge in [-0.3, -0.25) is 5.32 Å². The number of benzene rings is 1. The van der Waals surface area contributed by atoms with Crippen LogP contribution in [0.25, 0.3) is 0 Å². The summed E-state index contributed by atoms with van der Waals surface area (Å²) >= 11 is 11.8. The van der Waals surface area contributed by atoms with Gasteiger partial charge in [0, 0.05) is 30.1 Å². The van der Waals surface area contributed by atoms with Crippen molar-refractivity contribution in [3.05, 3.63) is 70.2 Å². The number of halogens is 1. The Morgan fingerprint density at radius 3 is 2.76 bits per heavy atom. The normalized spacial score (nSPS) is 23.5.